The van der Waals surface area contributed by atoms with E-state index in [1.54, 1.807) is 24.3 Å². The number of carbonyl (C=O) groups is 1. The van der Waals surface area contributed by atoms with E-state index in [0.29, 0.717) is 43.1 Å². The second kappa shape index (κ2) is 8.66. The molecule has 0 radical (unpaired) electrons. The Morgan fingerprint density at radius 1 is 1.28 bits per heavy atom. The number of ether oxygens (including phenoxy) is 1. The Morgan fingerprint density at radius 3 is 2.45 bits per heavy atom. The molecule has 1 saturated heterocycles. The number of rotatable bonds is 6. The summed E-state index contributed by atoms with van der Waals surface area (Å²) >= 11 is 5.90. The predicted octanol–water partition coefficient (Wildman–Crippen LogP) is 5.26. The van der Waals surface area contributed by atoms with Crippen LogP contribution in [0.2, 0.25) is 5.02 Å². The smallest absolute Gasteiger partial charge is 0.336 e. The molecule has 1 atom stereocenters. The fourth-order valence-corrected chi connectivity index (χ4v) is 4.16. The number of benzene rings is 2. The Bertz CT molecular complexity index is 919. The van der Waals surface area contributed by atoms with Crippen LogP contribution in [0.5, 0.6) is 0 Å². The largest absolute Gasteiger partial charge is 0.478 e. The van der Waals surface area contributed by atoms with Gasteiger partial charge in [0.2, 0.25) is 0 Å². The van der Waals surface area contributed by atoms with E-state index in [1.165, 1.54) is 12.1 Å². The van der Waals surface area contributed by atoms with Crippen LogP contribution in [0.4, 0.5) is 4.39 Å². The molecule has 0 bridgehead atoms. The normalized spacial score (nSPS) is 17.0. The molecule has 4 nitrogen and oxygen atoms in total. The molecule has 2 N–H and O–H groups in total. The monoisotopic (exact) mass is 418 g/mol. The Hall–Kier alpha value is -2.21. The third-order valence-electron chi connectivity index (χ3n) is 5.75. The molecule has 6 heteroatoms. The fraction of sp³-hybridized carbons (Fsp3) is 0.348. The maximum absolute atomic E-state index is 15.2. The van der Waals surface area contributed by atoms with Crippen LogP contribution in [0, 0.1) is 11.7 Å². The lowest BCUT2D eigenvalue weighted by molar-refractivity contribution is -0.0732. The molecule has 0 spiro atoms. The highest BCUT2D eigenvalue weighted by molar-refractivity contribution is 6.30. The van der Waals surface area contributed by atoms with Crippen molar-refractivity contribution in [2.24, 2.45) is 5.92 Å². The first kappa shape index (κ1) is 21.5. The molecular weight excluding hydrogens is 395 g/mol. The maximum atomic E-state index is 15.2. The van der Waals surface area contributed by atoms with Gasteiger partial charge in [-0.1, -0.05) is 37.2 Å². The molecule has 1 unspecified atom stereocenters. The highest BCUT2D eigenvalue weighted by Crippen LogP contribution is 2.41. The Labute approximate surface area is 174 Å². The van der Waals surface area contributed by atoms with Gasteiger partial charge in [-0.2, -0.15) is 0 Å². The summed E-state index contributed by atoms with van der Waals surface area (Å²) in [5, 5.41) is 21.7. The van der Waals surface area contributed by atoms with E-state index in [4.69, 9.17) is 16.3 Å². The Balaban J connectivity index is 2.10. The van der Waals surface area contributed by atoms with Crippen LogP contribution in [0.1, 0.15) is 53.2 Å². The van der Waals surface area contributed by atoms with Crippen molar-refractivity contribution in [1.82, 2.24) is 0 Å². The van der Waals surface area contributed by atoms with Gasteiger partial charge in [0, 0.05) is 23.8 Å². The third-order valence-corrected chi connectivity index (χ3v) is 6.00. The summed E-state index contributed by atoms with van der Waals surface area (Å²) in [6, 6.07) is 9.20. The minimum absolute atomic E-state index is 0.0889. The van der Waals surface area contributed by atoms with Crippen LogP contribution < -0.4 is 0 Å². The molecule has 2 aromatic rings. The molecule has 3 rings (SSSR count). The van der Waals surface area contributed by atoms with Crippen LogP contribution in [-0.4, -0.2) is 29.4 Å². The summed E-state index contributed by atoms with van der Waals surface area (Å²) in [4.78, 5) is 12.0. The predicted molar refractivity (Wildman–Crippen MR) is 111 cm³/mol. The van der Waals surface area contributed by atoms with Gasteiger partial charge in [-0.05, 0) is 66.1 Å². The van der Waals surface area contributed by atoms with E-state index in [2.05, 4.69) is 6.58 Å². The van der Waals surface area contributed by atoms with Gasteiger partial charge in [0.1, 0.15) is 5.82 Å². The first-order chi connectivity index (χ1) is 13.8. The van der Waals surface area contributed by atoms with Gasteiger partial charge >= 0.3 is 5.97 Å². The summed E-state index contributed by atoms with van der Waals surface area (Å²) in [7, 11) is 0. The second-order valence-corrected chi connectivity index (χ2v) is 7.77. The zero-order valence-corrected chi connectivity index (χ0v) is 17.0. The molecule has 1 aliphatic rings. The van der Waals surface area contributed by atoms with Gasteiger partial charge in [-0.15, -0.1) is 0 Å². The quantitative estimate of drug-likeness (QED) is 0.671. The van der Waals surface area contributed by atoms with Crippen molar-refractivity contribution in [3.63, 3.8) is 0 Å². The SMILES string of the molecule is C=C(c1ccc(Cl)cc1)c1c(F)cc(C(O)(CC)C2CCOCC2)cc1C(=O)O. The van der Waals surface area contributed by atoms with E-state index in [1.807, 2.05) is 6.92 Å². The van der Waals surface area contributed by atoms with E-state index >= 15 is 4.39 Å². The first-order valence-corrected chi connectivity index (χ1v) is 9.98. The van der Waals surface area contributed by atoms with Gasteiger partial charge in [-0.3, -0.25) is 0 Å². The van der Waals surface area contributed by atoms with Crippen LogP contribution in [0.25, 0.3) is 5.57 Å². The lowest BCUT2D eigenvalue weighted by atomic mass is 9.74. The van der Waals surface area contributed by atoms with Crippen molar-refractivity contribution in [2.45, 2.75) is 31.8 Å². The van der Waals surface area contributed by atoms with Crippen LogP contribution in [0.3, 0.4) is 0 Å². The number of hydrogen-bond donors (Lipinski definition) is 2. The first-order valence-electron chi connectivity index (χ1n) is 9.60. The minimum Gasteiger partial charge on any atom is -0.478 e. The van der Waals surface area contributed by atoms with Crippen molar-refractivity contribution in [3.8, 4) is 0 Å². The molecule has 1 heterocycles. The lowest BCUT2D eigenvalue weighted by Gasteiger charge is -2.38. The molecular formula is C23H24ClFO4. The van der Waals surface area contributed by atoms with Crippen molar-refractivity contribution < 1.29 is 24.1 Å². The zero-order valence-electron chi connectivity index (χ0n) is 16.3. The lowest BCUT2D eigenvalue weighted by Crippen LogP contribution is -2.38. The zero-order chi connectivity index (χ0) is 21.2. The highest BCUT2D eigenvalue weighted by Gasteiger charge is 2.39. The van der Waals surface area contributed by atoms with E-state index in [0.717, 1.165) is 0 Å². The van der Waals surface area contributed by atoms with Gasteiger partial charge in [0.05, 0.1) is 11.2 Å². The van der Waals surface area contributed by atoms with Gasteiger partial charge < -0.3 is 14.9 Å². The topological polar surface area (TPSA) is 66.8 Å². The fourth-order valence-electron chi connectivity index (χ4n) is 4.03. The molecule has 0 aliphatic carbocycles. The summed E-state index contributed by atoms with van der Waals surface area (Å²) in [6.45, 7) is 6.76. The number of carboxylic acids is 1. The van der Waals surface area contributed by atoms with Gasteiger partial charge in [0.25, 0.3) is 0 Å². The van der Waals surface area contributed by atoms with Crippen LogP contribution >= 0.6 is 11.6 Å². The molecule has 1 fully saturated rings. The highest BCUT2D eigenvalue weighted by atomic mass is 35.5. The Morgan fingerprint density at radius 2 is 1.90 bits per heavy atom. The van der Waals surface area contributed by atoms with Crippen LogP contribution in [-0.2, 0) is 10.3 Å². The number of aliphatic hydroxyl groups is 1. The molecule has 154 valence electrons. The summed E-state index contributed by atoms with van der Waals surface area (Å²) in [5.41, 5.74) is -0.551. The van der Waals surface area contributed by atoms with Gasteiger partial charge in [0.15, 0.2) is 0 Å². The molecule has 2 aromatic carbocycles. The van der Waals surface area contributed by atoms with Crippen molar-refractivity contribution in [1.29, 1.82) is 0 Å². The van der Waals surface area contributed by atoms with Crippen molar-refractivity contribution in [2.75, 3.05) is 13.2 Å². The summed E-state index contributed by atoms with van der Waals surface area (Å²) < 4.78 is 20.6. The number of hydrogen-bond acceptors (Lipinski definition) is 3. The van der Waals surface area contributed by atoms with Crippen molar-refractivity contribution in [3.05, 3.63) is 76.1 Å². The van der Waals surface area contributed by atoms with Crippen molar-refractivity contribution >= 4 is 23.1 Å². The second-order valence-electron chi connectivity index (χ2n) is 7.34. The average molecular weight is 419 g/mol. The Kier molecular flexibility index (Phi) is 6.42. The maximum Gasteiger partial charge on any atom is 0.336 e. The molecule has 0 saturated carbocycles. The minimum atomic E-state index is -1.32. The number of aromatic carboxylic acids is 1. The van der Waals surface area contributed by atoms with Gasteiger partial charge in [-0.25, -0.2) is 9.18 Å². The third kappa shape index (κ3) is 4.22. The summed E-state index contributed by atoms with van der Waals surface area (Å²) in [6.07, 6.45) is 1.61. The standard InChI is InChI=1S/C23H24ClFO4/c1-3-23(28,16-8-10-29-11-9-16)17-12-19(22(26)27)21(20(25)13-17)14(2)15-4-6-18(24)7-5-15/h4-7,12-13,16,28H,2-3,8-11H2,1H3,(H,26,27). The number of carboxylic acid groups (broad SMARTS) is 1. The van der Waals surface area contributed by atoms with Crippen LogP contribution in [0.15, 0.2) is 43.0 Å². The average Bonchev–Trinajstić information content (AvgIpc) is 2.73. The molecule has 1 aliphatic heterocycles. The van der Waals surface area contributed by atoms with E-state index in [9.17, 15) is 15.0 Å². The summed E-state index contributed by atoms with van der Waals surface area (Å²) in [5.74, 6) is -2.13. The molecule has 29 heavy (non-hydrogen) atoms. The molecule has 0 amide bonds. The van der Waals surface area contributed by atoms with E-state index < -0.39 is 17.4 Å². The number of halogens is 2. The van der Waals surface area contributed by atoms with E-state index in [-0.39, 0.29) is 28.2 Å². The molecule has 0 aromatic heterocycles.